The van der Waals surface area contributed by atoms with Crippen molar-refractivity contribution in [2.45, 2.75) is 20.3 Å². The maximum Gasteiger partial charge on any atom is 0.222 e. The van der Waals surface area contributed by atoms with Crippen LogP contribution in [0.4, 0.5) is 5.13 Å². The number of carbonyl (C=O) groups is 1. The van der Waals surface area contributed by atoms with Crippen molar-refractivity contribution in [3.05, 3.63) is 17.5 Å². The molecule has 3 rings (SSSR count). The summed E-state index contributed by atoms with van der Waals surface area (Å²) in [6.45, 7) is 7.40. The lowest BCUT2D eigenvalue weighted by atomic mass is 10.1. The average molecular weight is 336 g/mol. The summed E-state index contributed by atoms with van der Waals surface area (Å²) in [6, 6.07) is 4.09. The lowest BCUT2D eigenvalue weighted by molar-refractivity contribution is -0.132. The standard InChI is InChI=1S/C15H20N4OS2/c1-11(2)10-13(20)18-5-7-19(8-6-18)15-17-16-14(22-15)12-4-3-9-21-12/h3-4,9,11H,5-8,10H2,1-2H3. The molecule has 0 aliphatic carbocycles. The molecule has 0 atom stereocenters. The minimum Gasteiger partial charge on any atom is -0.343 e. The molecule has 118 valence electrons. The van der Waals surface area contributed by atoms with Crippen LogP contribution in [-0.4, -0.2) is 47.2 Å². The third kappa shape index (κ3) is 3.47. The van der Waals surface area contributed by atoms with E-state index in [4.69, 9.17) is 0 Å². The molecule has 0 radical (unpaired) electrons. The Morgan fingerprint density at radius 1 is 1.27 bits per heavy atom. The Balaban J connectivity index is 1.59. The zero-order chi connectivity index (χ0) is 15.5. The van der Waals surface area contributed by atoms with Crippen LogP contribution in [0.1, 0.15) is 20.3 Å². The molecule has 1 aliphatic heterocycles. The van der Waals surface area contributed by atoms with Crippen molar-refractivity contribution in [1.82, 2.24) is 15.1 Å². The summed E-state index contributed by atoms with van der Waals surface area (Å²) in [5.74, 6) is 0.688. The first-order valence-electron chi connectivity index (χ1n) is 7.53. The highest BCUT2D eigenvalue weighted by atomic mass is 32.1. The number of hydrogen-bond donors (Lipinski definition) is 0. The Labute approximate surface area is 138 Å². The van der Waals surface area contributed by atoms with Gasteiger partial charge in [0.1, 0.15) is 0 Å². The fourth-order valence-corrected chi connectivity index (χ4v) is 4.16. The summed E-state index contributed by atoms with van der Waals surface area (Å²) in [6.07, 6.45) is 0.640. The molecule has 0 unspecified atom stereocenters. The highest BCUT2D eigenvalue weighted by Crippen LogP contribution is 2.31. The monoisotopic (exact) mass is 336 g/mol. The first-order chi connectivity index (χ1) is 10.6. The smallest absolute Gasteiger partial charge is 0.222 e. The number of thiophene rings is 1. The number of piperazine rings is 1. The van der Waals surface area contributed by atoms with Crippen LogP contribution in [0, 0.1) is 5.92 Å². The second-order valence-corrected chi connectivity index (χ2v) is 7.74. The third-order valence-electron chi connectivity index (χ3n) is 3.63. The highest BCUT2D eigenvalue weighted by molar-refractivity contribution is 7.22. The SMILES string of the molecule is CC(C)CC(=O)N1CCN(c2nnc(-c3cccs3)s2)CC1. The van der Waals surface area contributed by atoms with Gasteiger partial charge in [-0.25, -0.2) is 0 Å². The molecule has 0 saturated carbocycles. The van der Waals surface area contributed by atoms with E-state index >= 15 is 0 Å². The van der Waals surface area contributed by atoms with Crippen LogP contribution in [0.25, 0.3) is 9.88 Å². The third-order valence-corrected chi connectivity index (χ3v) is 5.66. The van der Waals surface area contributed by atoms with Gasteiger partial charge in [0, 0.05) is 32.6 Å². The van der Waals surface area contributed by atoms with Gasteiger partial charge in [0.15, 0.2) is 5.01 Å². The molecule has 0 N–H and O–H groups in total. The Kier molecular flexibility index (Phi) is 4.73. The average Bonchev–Trinajstić information content (AvgIpc) is 3.18. The molecule has 1 aliphatic rings. The summed E-state index contributed by atoms with van der Waals surface area (Å²) in [4.78, 5) is 17.5. The molecule has 1 saturated heterocycles. The van der Waals surface area contributed by atoms with Gasteiger partial charge in [-0.15, -0.1) is 21.5 Å². The second-order valence-electron chi connectivity index (χ2n) is 5.83. The van der Waals surface area contributed by atoms with Gasteiger partial charge in [-0.05, 0) is 17.4 Å². The number of hydrogen-bond acceptors (Lipinski definition) is 6. The topological polar surface area (TPSA) is 49.3 Å². The van der Waals surface area contributed by atoms with Crippen LogP contribution in [0.3, 0.4) is 0 Å². The highest BCUT2D eigenvalue weighted by Gasteiger charge is 2.23. The normalized spacial score (nSPS) is 15.6. The van der Waals surface area contributed by atoms with Crippen molar-refractivity contribution in [1.29, 1.82) is 0 Å². The molecule has 1 amide bonds. The fraction of sp³-hybridized carbons (Fsp3) is 0.533. The Morgan fingerprint density at radius 3 is 2.68 bits per heavy atom. The molecule has 2 aromatic rings. The van der Waals surface area contributed by atoms with Gasteiger partial charge >= 0.3 is 0 Å². The van der Waals surface area contributed by atoms with Gasteiger partial charge in [0.05, 0.1) is 4.88 Å². The number of amides is 1. The quantitative estimate of drug-likeness (QED) is 0.861. The van der Waals surface area contributed by atoms with Crippen LogP contribution in [0.2, 0.25) is 0 Å². The Bertz CT molecular complexity index is 615. The molecule has 7 heteroatoms. The zero-order valence-corrected chi connectivity index (χ0v) is 14.5. The van der Waals surface area contributed by atoms with E-state index in [9.17, 15) is 4.79 Å². The molecule has 0 spiro atoms. The predicted octanol–water partition coefficient (Wildman–Crippen LogP) is 2.96. The van der Waals surface area contributed by atoms with Crippen molar-refractivity contribution in [2.24, 2.45) is 5.92 Å². The number of aromatic nitrogens is 2. The van der Waals surface area contributed by atoms with E-state index < -0.39 is 0 Å². The van der Waals surface area contributed by atoms with Gasteiger partial charge in [-0.3, -0.25) is 4.79 Å². The van der Waals surface area contributed by atoms with Crippen molar-refractivity contribution in [3.8, 4) is 9.88 Å². The maximum atomic E-state index is 12.1. The van der Waals surface area contributed by atoms with E-state index in [-0.39, 0.29) is 5.91 Å². The second kappa shape index (κ2) is 6.75. The molecule has 22 heavy (non-hydrogen) atoms. The first-order valence-corrected chi connectivity index (χ1v) is 9.23. The number of nitrogens with zero attached hydrogens (tertiary/aromatic N) is 4. The minimum absolute atomic E-state index is 0.270. The predicted molar refractivity (Wildman–Crippen MR) is 91.5 cm³/mol. The van der Waals surface area contributed by atoms with Crippen LogP contribution < -0.4 is 4.90 Å². The van der Waals surface area contributed by atoms with E-state index in [1.807, 2.05) is 11.0 Å². The largest absolute Gasteiger partial charge is 0.343 e. The summed E-state index contributed by atoms with van der Waals surface area (Å²) < 4.78 is 0. The summed E-state index contributed by atoms with van der Waals surface area (Å²) in [5, 5.41) is 12.6. The van der Waals surface area contributed by atoms with Gasteiger partial charge in [-0.1, -0.05) is 31.3 Å². The maximum absolute atomic E-state index is 12.1. The van der Waals surface area contributed by atoms with Crippen molar-refractivity contribution in [3.63, 3.8) is 0 Å². The first kappa shape index (κ1) is 15.4. The fourth-order valence-electron chi connectivity index (χ4n) is 2.47. The van der Waals surface area contributed by atoms with E-state index in [1.165, 1.54) is 0 Å². The molecule has 0 aromatic carbocycles. The Hall–Kier alpha value is -1.47. The van der Waals surface area contributed by atoms with E-state index in [0.29, 0.717) is 12.3 Å². The van der Waals surface area contributed by atoms with Crippen LogP contribution in [-0.2, 0) is 4.79 Å². The number of anilines is 1. The summed E-state index contributed by atoms with van der Waals surface area (Å²) in [7, 11) is 0. The molecular weight excluding hydrogens is 316 g/mol. The molecule has 5 nitrogen and oxygen atoms in total. The molecule has 3 heterocycles. The van der Waals surface area contributed by atoms with Gasteiger partial charge in [0.2, 0.25) is 11.0 Å². The van der Waals surface area contributed by atoms with E-state index in [0.717, 1.165) is 41.2 Å². The lowest BCUT2D eigenvalue weighted by Crippen LogP contribution is -2.49. The number of rotatable bonds is 4. The molecule has 1 fully saturated rings. The van der Waals surface area contributed by atoms with Crippen LogP contribution in [0.15, 0.2) is 17.5 Å². The van der Waals surface area contributed by atoms with E-state index in [2.05, 4.69) is 40.4 Å². The summed E-state index contributed by atoms with van der Waals surface area (Å²) >= 11 is 3.31. The van der Waals surface area contributed by atoms with Crippen LogP contribution >= 0.6 is 22.7 Å². The van der Waals surface area contributed by atoms with Crippen molar-refractivity contribution >= 4 is 33.7 Å². The van der Waals surface area contributed by atoms with Gasteiger partial charge in [-0.2, -0.15) is 0 Å². The lowest BCUT2D eigenvalue weighted by Gasteiger charge is -2.34. The van der Waals surface area contributed by atoms with Crippen molar-refractivity contribution < 1.29 is 4.79 Å². The number of carbonyl (C=O) groups excluding carboxylic acids is 1. The molecule has 0 bridgehead atoms. The van der Waals surface area contributed by atoms with Crippen molar-refractivity contribution in [2.75, 3.05) is 31.1 Å². The molecule has 2 aromatic heterocycles. The van der Waals surface area contributed by atoms with E-state index in [1.54, 1.807) is 22.7 Å². The molecular formula is C15H20N4OS2. The zero-order valence-electron chi connectivity index (χ0n) is 12.9. The minimum atomic E-state index is 0.270. The van der Waals surface area contributed by atoms with Gasteiger partial charge < -0.3 is 9.80 Å². The van der Waals surface area contributed by atoms with Gasteiger partial charge in [0.25, 0.3) is 0 Å². The summed E-state index contributed by atoms with van der Waals surface area (Å²) in [5.41, 5.74) is 0. The Morgan fingerprint density at radius 2 is 2.05 bits per heavy atom. The van der Waals surface area contributed by atoms with Crippen LogP contribution in [0.5, 0.6) is 0 Å².